The van der Waals surface area contributed by atoms with Gasteiger partial charge in [-0.1, -0.05) is 42.8 Å². The largest absolute Gasteiger partial charge is 0.490 e. The van der Waals surface area contributed by atoms with Gasteiger partial charge in [0.15, 0.2) is 0 Å². The minimum Gasteiger partial charge on any atom is -0.490 e. The van der Waals surface area contributed by atoms with E-state index in [9.17, 15) is 10.2 Å². The molecule has 5 rings (SSSR count). The number of thioether (sulfide) groups is 1. The van der Waals surface area contributed by atoms with Crippen molar-refractivity contribution in [1.29, 1.82) is 0 Å². The third-order valence-corrected chi connectivity index (χ3v) is 10.8. The van der Waals surface area contributed by atoms with Crippen LogP contribution in [0.1, 0.15) is 62.1 Å². The Morgan fingerprint density at radius 1 is 1.09 bits per heavy atom. The van der Waals surface area contributed by atoms with Crippen LogP contribution >= 0.6 is 11.8 Å². The fourth-order valence-electron chi connectivity index (χ4n) is 7.60. The Kier molecular flexibility index (Phi) is 12.9. The lowest BCUT2D eigenvalue weighted by Crippen LogP contribution is -2.64. The van der Waals surface area contributed by atoms with Gasteiger partial charge in [0.2, 0.25) is 5.79 Å². The van der Waals surface area contributed by atoms with Gasteiger partial charge in [-0.2, -0.15) is 11.8 Å². The van der Waals surface area contributed by atoms with Crippen molar-refractivity contribution in [3.8, 4) is 11.5 Å². The summed E-state index contributed by atoms with van der Waals surface area (Å²) in [6.07, 6.45) is 17.7. The average Bonchev–Trinajstić information content (AvgIpc) is 3.09. The summed E-state index contributed by atoms with van der Waals surface area (Å²) in [6, 6.07) is 6.11. The number of oxime groups is 1. The Hall–Kier alpha value is -3.18. The zero-order valence-electron chi connectivity index (χ0n) is 27.5. The second kappa shape index (κ2) is 17.3. The Bertz CT molecular complexity index is 1390. The fourth-order valence-corrected chi connectivity index (χ4v) is 8.98. The zero-order valence-corrected chi connectivity index (χ0v) is 28.3. The lowest BCUT2D eigenvalue weighted by molar-refractivity contribution is -0.223. The van der Waals surface area contributed by atoms with Gasteiger partial charge >= 0.3 is 0 Å². The van der Waals surface area contributed by atoms with Gasteiger partial charge in [-0.25, -0.2) is 0 Å². The molecule has 6 unspecified atom stereocenters. The minimum absolute atomic E-state index is 0.0270. The second-order valence-corrected chi connectivity index (χ2v) is 13.7. The molecule has 0 bridgehead atoms. The summed E-state index contributed by atoms with van der Waals surface area (Å²) >= 11 is 1.81. The molecule has 2 N–H and O–H groups in total. The predicted octanol–water partition coefficient (Wildman–Crippen LogP) is 6.28. The molecule has 2 aliphatic carbocycles. The van der Waals surface area contributed by atoms with Crippen LogP contribution in [0, 0.1) is 17.8 Å². The summed E-state index contributed by atoms with van der Waals surface area (Å²) in [4.78, 5) is 14.2. The molecule has 2 heterocycles. The number of ether oxygens (including phenoxy) is 3. The van der Waals surface area contributed by atoms with Crippen LogP contribution in [0.5, 0.6) is 11.5 Å². The molecule has 0 radical (unpaired) electrons. The van der Waals surface area contributed by atoms with E-state index in [0.29, 0.717) is 19.6 Å². The van der Waals surface area contributed by atoms with Gasteiger partial charge in [0.25, 0.3) is 0 Å². The average molecular weight is 664 g/mol. The number of aryl methyl sites for hydroxylation is 1. The van der Waals surface area contributed by atoms with Crippen LogP contribution in [-0.2, 0) is 16.0 Å². The SMILES string of the molecule is C=CCOc1ccc2c(c1)C1C(CCCCO)C(CCCCO)C=C3C(=NOC)CC(SCCc4cnccn4)C(OCC=C)(O2)C31. The van der Waals surface area contributed by atoms with E-state index in [1.807, 2.05) is 30.1 Å². The van der Waals surface area contributed by atoms with E-state index in [0.717, 1.165) is 84.7 Å². The van der Waals surface area contributed by atoms with Crippen molar-refractivity contribution < 1.29 is 29.3 Å². The van der Waals surface area contributed by atoms with E-state index < -0.39 is 5.79 Å². The molecule has 9 nitrogen and oxygen atoms in total. The van der Waals surface area contributed by atoms with Crippen LogP contribution in [0.25, 0.3) is 0 Å². The highest BCUT2D eigenvalue weighted by Gasteiger charge is 2.63. The third-order valence-electron chi connectivity index (χ3n) is 9.48. The van der Waals surface area contributed by atoms with Crippen LogP contribution in [0.3, 0.4) is 0 Å². The zero-order chi connectivity index (χ0) is 33.1. The van der Waals surface area contributed by atoms with Gasteiger partial charge in [-0.3, -0.25) is 9.97 Å². The first-order chi connectivity index (χ1) is 23.1. The molecule has 1 aromatic carbocycles. The van der Waals surface area contributed by atoms with Crippen molar-refractivity contribution in [2.24, 2.45) is 22.9 Å². The smallest absolute Gasteiger partial charge is 0.230 e. The van der Waals surface area contributed by atoms with Crippen molar-refractivity contribution in [2.45, 2.75) is 68.3 Å². The summed E-state index contributed by atoms with van der Waals surface area (Å²) in [7, 11) is 1.60. The quantitative estimate of drug-likeness (QED) is 0.102. The maximum Gasteiger partial charge on any atom is 0.230 e. The van der Waals surface area contributed by atoms with E-state index >= 15 is 0 Å². The Morgan fingerprint density at radius 2 is 1.89 bits per heavy atom. The molecule has 0 amide bonds. The van der Waals surface area contributed by atoms with E-state index in [1.165, 1.54) is 0 Å². The van der Waals surface area contributed by atoms with E-state index in [1.54, 1.807) is 31.7 Å². The summed E-state index contributed by atoms with van der Waals surface area (Å²) in [5.41, 5.74) is 4.07. The molecule has 0 saturated heterocycles. The molecule has 47 heavy (non-hydrogen) atoms. The maximum absolute atomic E-state index is 9.75. The highest BCUT2D eigenvalue weighted by atomic mass is 32.2. The van der Waals surface area contributed by atoms with Crippen LogP contribution < -0.4 is 9.47 Å². The number of aliphatic hydroxyl groups excluding tert-OH is 2. The lowest BCUT2D eigenvalue weighted by Gasteiger charge is -2.58. The van der Waals surface area contributed by atoms with Crippen LogP contribution in [0.4, 0.5) is 0 Å². The van der Waals surface area contributed by atoms with Crippen LogP contribution in [0.2, 0.25) is 0 Å². The molecule has 1 saturated carbocycles. The first-order valence-electron chi connectivity index (χ1n) is 16.8. The Morgan fingerprint density at radius 3 is 2.62 bits per heavy atom. The second-order valence-electron chi connectivity index (χ2n) is 12.3. The van der Waals surface area contributed by atoms with Gasteiger partial charge in [0, 0.05) is 56.1 Å². The number of hydrogen-bond acceptors (Lipinski definition) is 10. The standard InChI is InChI=1S/C37H49N3O6S/c1-4-19-44-28-12-13-33-31(23-28)35-29(11-7-9-18-42)26(10-6-8-17-41)22-30-32(40-43-3)24-34(37(46-33,36(30)35)45-20-5-2)47-21-14-27-25-38-15-16-39-27/h4-5,12-13,15-16,22-23,25-26,29,34-36,41-42H,1-2,6-11,14,17-21,24H2,3H3. The van der Waals surface area contributed by atoms with Crippen molar-refractivity contribution in [3.05, 3.63) is 85.0 Å². The van der Waals surface area contributed by atoms with Crippen molar-refractivity contribution in [2.75, 3.05) is 39.3 Å². The number of hydrogen-bond donors (Lipinski definition) is 2. The molecule has 1 fully saturated rings. The first kappa shape index (κ1) is 35.1. The first-order valence-corrected chi connectivity index (χ1v) is 17.9. The normalized spacial score (nSPS) is 26.8. The van der Waals surface area contributed by atoms with Gasteiger partial charge in [-0.05, 0) is 67.0 Å². The predicted molar refractivity (Wildman–Crippen MR) is 186 cm³/mol. The number of rotatable bonds is 19. The number of benzene rings is 1. The molecule has 3 aliphatic rings. The van der Waals surface area contributed by atoms with E-state index in [2.05, 4.69) is 40.4 Å². The highest BCUT2D eigenvalue weighted by molar-refractivity contribution is 8.00. The number of aliphatic hydroxyl groups is 2. The number of nitrogens with zero attached hydrogens (tertiary/aromatic N) is 3. The number of allylic oxidation sites excluding steroid dienone is 1. The molecular formula is C37H49N3O6S. The minimum atomic E-state index is -0.994. The molecule has 0 spiro atoms. The highest BCUT2D eigenvalue weighted by Crippen LogP contribution is 2.62. The summed E-state index contributed by atoms with van der Waals surface area (Å²) < 4.78 is 20.1. The molecule has 2 aromatic rings. The molecule has 10 heteroatoms. The molecular weight excluding hydrogens is 614 g/mol. The van der Waals surface area contributed by atoms with Crippen molar-refractivity contribution in [3.63, 3.8) is 0 Å². The molecule has 6 atom stereocenters. The van der Waals surface area contributed by atoms with Gasteiger partial charge < -0.3 is 29.3 Å². The van der Waals surface area contributed by atoms with Crippen molar-refractivity contribution >= 4 is 17.5 Å². The Balaban J connectivity index is 1.65. The number of fused-ring (bicyclic) bond motifs is 2. The summed E-state index contributed by atoms with van der Waals surface area (Å²) in [5.74, 6) is 1.71. The van der Waals surface area contributed by atoms with E-state index in [-0.39, 0.29) is 42.1 Å². The van der Waals surface area contributed by atoms with Gasteiger partial charge in [0.05, 0.1) is 29.2 Å². The van der Waals surface area contributed by atoms with Crippen LogP contribution in [-0.4, -0.2) is 76.2 Å². The summed E-state index contributed by atoms with van der Waals surface area (Å²) in [6.45, 7) is 8.90. The third kappa shape index (κ3) is 7.94. The Labute approximate surface area is 283 Å². The fraction of sp³-hybridized carbons (Fsp3) is 0.541. The topological polar surface area (TPSA) is 116 Å². The van der Waals surface area contributed by atoms with Crippen molar-refractivity contribution in [1.82, 2.24) is 9.97 Å². The monoisotopic (exact) mass is 663 g/mol. The number of aromatic nitrogens is 2. The lowest BCUT2D eigenvalue weighted by atomic mass is 9.56. The molecule has 254 valence electrons. The molecule has 1 aromatic heterocycles. The summed E-state index contributed by atoms with van der Waals surface area (Å²) in [5, 5.41) is 23.9. The van der Waals surface area contributed by atoms with Crippen LogP contribution in [0.15, 0.2) is 78.9 Å². The maximum atomic E-state index is 9.75. The van der Waals surface area contributed by atoms with Gasteiger partial charge in [-0.15, -0.1) is 6.58 Å². The van der Waals surface area contributed by atoms with Gasteiger partial charge in [0.1, 0.15) is 25.2 Å². The molecule has 1 aliphatic heterocycles. The van der Waals surface area contributed by atoms with E-state index in [4.69, 9.17) is 19.0 Å². The number of unbranched alkanes of at least 4 members (excludes halogenated alkanes) is 2.